The molecule has 0 unspecified atom stereocenters. The third-order valence-corrected chi connectivity index (χ3v) is 6.92. The highest BCUT2D eigenvalue weighted by Crippen LogP contribution is 2.21. The summed E-state index contributed by atoms with van der Waals surface area (Å²) in [4.78, 5) is 2.61. The lowest BCUT2D eigenvalue weighted by atomic mass is 10.0. The molecule has 1 heterocycles. The molecule has 0 N–H and O–H groups in total. The van der Waals surface area contributed by atoms with Gasteiger partial charge in [0.1, 0.15) is 0 Å². The van der Waals surface area contributed by atoms with Gasteiger partial charge < -0.3 is 0 Å². The summed E-state index contributed by atoms with van der Waals surface area (Å²) in [5.74, 6) is 0.382. The Morgan fingerprint density at radius 3 is 2.07 bits per heavy atom. The molecule has 2 aromatic rings. The van der Waals surface area contributed by atoms with Crippen molar-refractivity contribution >= 4 is 10.0 Å². The van der Waals surface area contributed by atoms with Gasteiger partial charge in [0, 0.05) is 32.7 Å². The molecule has 0 spiro atoms. The van der Waals surface area contributed by atoms with Gasteiger partial charge in [-0.25, -0.2) is 8.42 Å². The predicted octanol–water partition coefficient (Wildman–Crippen LogP) is 3.19. The SMILES string of the molecule is CC(C)c1ccc(S(=O)(=O)N2CCN(Cc3ccc(C#N)cc3)CC2)cc1. The molecule has 1 aliphatic heterocycles. The molecule has 0 bridgehead atoms. The Bertz CT molecular complexity index is 905. The van der Waals surface area contributed by atoms with E-state index in [0.717, 1.165) is 17.7 Å². The monoisotopic (exact) mass is 383 g/mol. The van der Waals surface area contributed by atoms with Crippen molar-refractivity contribution in [3.63, 3.8) is 0 Å². The number of rotatable bonds is 5. The Kier molecular flexibility index (Phi) is 5.95. The summed E-state index contributed by atoms with van der Waals surface area (Å²) in [7, 11) is -3.44. The van der Waals surface area contributed by atoms with Crippen molar-refractivity contribution in [2.45, 2.75) is 31.2 Å². The quantitative estimate of drug-likeness (QED) is 0.795. The van der Waals surface area contributed by atoms with Gasteiger partial charge in [0.05, 0.1) is 16.5 Å². The number of hydrogen-bond donors (Lipinski definition) is 0. The van der Waals surface area contributed by atoms with Gasteiger partial charge in [-0.15, -0.1) is 0 Å². The van der Waals surface area contributed by atoms with Crippen LogP contribution in [0.1, 0.15) is 36.5 Å². The first-order valence-corrected chi connectivity index (χ1v) is 10.7. The zero-order valence-electron chi connectivity index (χ0n) is 15.8. The fraction of sp³-hybridized carbons (Fsp3) is 0.381. The maximum absolute atomic E-state index is 12.9. The Morgan fingerprint density at radius 1 is 0.963 bits per heavy atom. The molecule has 0 saturated carbocycles. The molecule has 0 atom stereocenters. The van der Waals surface area contributed by atoms with Gasteiger partial charge in [-0.2, -0.15) is 9.57 Å². The highest BCUT2D eigenvalue weighted by Gasteiger charge is 2.28. The van der Waals surface area contributed by atoms with Gasteiger partial charge in [0.15, 0.2) is 0 Å². The molecule has 142 valence electrons. The largest absolute Gasteiger partial charge is 0.296 e. The van der Waals surface area contributed by atoms with Crippen molar-refractivity contribution in [3.05, 3.63) is 65.2 Å². The van der Waals surface area contributed by atoms with Crippen LogP contribution in [0, 0.1) is 11.3 Å². The first kappa shape index (κ1) is 19.6. The number of hydrogen-bond acceptors (Lipinski definition) is 4. The topological polar surface area (TPSA) is 64.4 Å². The van der Waals surface area contributed by atoms with Crippen LogP contribution in [0.3, 0.4) is 0 Å². The van der Waals surface area contributed by atoms with Gasteiger partial charge in [0.25, 0.3) is 0 Å². The summed E-state index contributed by atoms with van der Waals surface area (Å²) in [6.45, 7) is 7.33. The molecule has 5 nitrogen and oxygen atoms in total. The number of piperazine rings is 1. The second-order valence-corrected chi connectivity index (χ2v) is 9.15. The lowest BCUT2D eigenvalue weighted by molar-refractivity contribution is 0.181. The summed E-state index contributed by atoms with van der Waals surface area (Å²) < 4.78 is 27.3. The molecule has 27 heavy (non-hydrogen) atoms. The molecular formula is C21H25N3O2S. The van der Waals surface area contributed by atoms with Gasteiger partial charge in [-0.05, 0) is 41.3 Å². The number of nitriles is 1. The van der Waals surface area contributed by atoms with E-state index in [1.807, 2.05) is 36.4 Å². The minimum absolute atomic E-state index is 0.368. The van der Waals surface area contributed by atoms with Crippen molar-refractivity contribution in [2.24, 2.45) is 0 Å². The smallest absolute Gasteiger partial charge is 0.243 e. The van der Waals surface area contributed by atoms with Crippen molar-refractivity contribution in [1.82, 2.24) is 9.21 Å². The van der Waals surface area contributed by atoms with Crippen LogP contribution in [0.5, 0.6) is 0 Å². The maximum atomic E-state index is 12.9. The summed E-state index contributed by atoms with van der Waals surface area (Å²) in [6.07, 6.45) is 0. The van der Waals surface area contributed by atoms with E-state index in [1.165, 1.54) is 0 Å². The minimum Gasteiger partial charge on any atom is -0.296 e. The lowest BCUT2D eigenvalue weighted by Crippen LogP contribution is -2.48. The Hall–Kier alpha value is -2.20. The molecule has 1 saturated heterocycles. The van der Waals surface area contributed by atoms with Crippen LogP contribution in [0.25, 0.3) is 0 Å². The second kappa shape index (κ2) is 8.22. The molecule has 1 fully saturated rings. The molecule has 6 heteroatoms. The van der Waals surface area contributed by atoms with E-state index in [1.54, 1.807) is 16.4 Å². The van der Waals surface area contributed by atoms with Crippen molar-refractivity contribution in [3.8, 4) is 6.07 Å². The van der Waals surface area contributed by atoms with E-state index in [-0.39, 0.29) is 0 Å². The van der Waals surface area contributed by atoms with Crippen LogP contribution >= 0.6 is 0 Å². The van der Waals surface area contributed by atoms with Gasteiger partial charge >= 0.3 is 0 Å². The van der Waals surface area contributed by atoms with Gasteiger partial charge in [-0.1, -0.05) is 38.1 Å². The highest BCUT2D eigenvalue weighted by molar-refractivity contribution is 7.89. The van der Waals surface area contributed by atoms with Crippen LogP contribution in [0.4, 0.5) is 0 Å². The number of sulfonamides is 1. The average molecular weight is 384 g/mol. The molecule has 2 aromatic carbocycles. The molecular weight excluding hydrogens is 358 g/mol. The number of nitrogens with zero attached hydrogens (tertiary/aromatic N) is 3. The number of benzene rings is 2. The van der Waals surface area contributed by atoms with E-state index in [9.17, 15) is 8.42 Å². The average Bonchev–Trinajstić information content (AvgIpc) is 2.69. The van der Waals surface area contributed by atoms with E-state index in [4.69, 9.17) is 5.26 Å². The molecule has 1 aliphatic rings. The Balaban J connectivity index is 1.61. The van der Waals surface area contributed by atoms with Crippen LogP contribution in [0.15, 0.2) is 53.4 Å². The standard InChI is InChI=1S/C21H25N3O2S/c1-17(2)20-7-9-21(10-8-20)27(25,26)24-13-11-23(12-14-24)16-19-5-3-18(15-22)4-6-19/h3-10,17H,11-14,16H2,1-2H3. The normalized spacial score (nSPS) is 16.4. The zero-order valence-corrected chi connectivity index (χ0v) is 16.6. The fourth-order valence-corrected chi connectivity index (χ4v) is 4.67. The molecule has 0 aliphatic carbocycles. The second-order valence-electron chi connectivity index (χ2n) is 7.21. The van der Waals surface area contributed by atoms with Crippen molar-refractivity contribution in [1.29, 1.82) is 5.26 Å². The molecule has 0 aromatic heterocycles. The Morgan fingerprint density at radius 2 is 1.56 bits per heavy atom. The van der Waals surface area contributed by atoms with Crippen molar-refractivity contribution < 1.29 is 8.42 Å². The van der Waals surface area contributed by atoms with Crippen molar-refractivity contribution in [2.75, 3.05) is 26.2 Å². The van der Waals surface area contributed by atoms with E-state index in [2.05, 4.69) is 24.8 Å². The third-order valence-electron chi connectivity index (χ3n) is 5.01. The van der Waals surface area contributed by atoms with Crippen LogP contribution < -0.4 is 0 Å². The van der Waals surface area contributed by atoms with E-state index < -0.39 is 10.0 Å². The zero-order chi connectivity index (χ0) is 19.4. The summed E-state index contributed by atoms with van der Waals surface area (Å²) in [6, 6.07) is 16.9. The van der Waals surface area contributed by atoms with Gasteiger partial charge in [0.2, 0.25) is 10.0 Å². The fourth-order valence-electron chi connectivity index (χ4n) is 3.24. The summed E-state index contributed by atoms with van der Waals surface area (Å²) in [5.41, 5.74) is 2.92. The van der Waals surface area contributed by atoms with E-state index >= 15 is 0 Å². The van der Waals surface area contributed by atoms with Crippen LogP contribution in [0.2, 0.25) is 0 Å². The minimum atomic E-state index is -3.44. The third kappa shape index (κ3) is 4.56. The Labute approximate surface area is 161 Å². The summed E-state index contributed by atoms with van der Waals surface area (Å²) in [5, 5.41) is 8.87. The first-order chi connectivity index (χ1) is 12.9. The van der Waals surface area contributed by atoms with Crippen LogP contribution in [-0.2, 0) is 16.6 Å². The predicted molar refractivity (Wildman–Crippen MR) is 106 cm³/mol. The van der Waals surface area contributed by atoms with Gasteiger partial charge in [-0.3, -0.25) is 4.90 Å². The maximum Gasteiger partial charge on any atom is 0.243 e. The molecule has 0 amide bonds. The van der Waals surface area contributed by atoms with Crippen LogP contribution in [-0.4, -0.2) is 43.8 Å². The summed E-state index contributed by atoms with van der Waals surface area (Å²) >= 11 is 0. The van der Waals surface area contributed by atoms with E-state index in [0.29, 0.717) is 42.6 Å². The lowest BCUT2D eigenvalue weighted by Gasteiger charge is -2.34. The molecule has 3 rings (SSSR count). The first-order valence-electron chi connectivity index (χ1n) is 9.21. The molecule has 0 radical (unpaired) electrons. The highest BCUT2D eigenvalue weighted by atomic mass is 32.2.